The van der Waals surface area contributed by atoms with E-state index in [9.17, 15) is 0 Å². The summed E-state index contributed by atoms with van der Waals surface area (Å²) in [4.78, 5) is 0. The van der Waals surface area contributed by atoms with Gasteiger partial charge in [-0.1, -0.05) is 86.7 Å². The molecule has 2 aromatic carbocycles. The van der Waals surface area contributed by atoms with Gasteiger partial charge in [-0.05, 0) is 36.8 Å². The Bertz CT molecular complexity index is 633. The molecule has 0 bridgehead atoms. The van der Waals surface area contributed by atoms with Gasteiger partial charge in [0.05, 0.1) is 0 Å². The van der Waals surface area contributed by atoms with Gasteiger partial charge in [0.15, 0.2) is 0 Å². The van der Waals surface area contributed by atoms with E-state index in [1.807, 2.05) is 0 Å². The molecular weight excluding hydrogens is 316 g/mol. The van der Waals surface area contributed by atoms with Crippen molar-refractivity contribution in [1.82, 2.24) is 10.6 Å². The molecular formula is C24H32N2. The number of rotatable bonds is 6. The fourth-order valence-corrected chi connectivity index (χ4v) is 4.01. The number of hydrogen-bond acceptors (Lipinski definition) is 2. The largest absolute Gasteiger partial charge is 0.305 e. The molecule has 2 nitrogen and oxygen atoms in total. The summed E-state index contributed by atoms with van der Waals surface area (Å²) < 4.78 is 0. The standard InChI is InChI=1S/C24H32N2/c1-17-15-16-18(2)24(26-20(4)22-13-9-6-10-14-22)23(17)25-19(3)21-11-7-5-8-12-21/h5-20,23-26H,1-4H3/t17-,18-,19-,20-,23+,24+/m0/s1. The van der Waals surface area contributed by atoms with Crippen molar-refractivity contribution in [2.24, 2.45) is 11.8 Å². The van der Waals surface area contributed by atoms with Gasteiger partial charge in [0, 0.05) is 24.2 Å². The first-order valence-electron chi connectivity index (χ1n) is 9.86. The van der Waals surface area contributed by atoms with Crippen LogP contribution in [0.3, 0.4) is 0 Å². The first kappa shape index (κ1) is 18.9. The van der Waals surface area contributed by atoms with Crippen LogP contribution in [0, 0.1) is 11.8 Å². The Balaban J connectivity index is 1.75. The molecule has 0 aromatic heterocycles. The quantitative estimate of drug-likeness (QED) is 0.695. The van der Waals surface area contributed by atoms with Crippen LogP contribution in [0.5, 0.6) is 0 Å². The Kier molecular flexibility index (Phi) is 6.29. The normalized spacial score (nSPS) is 27.8. The summed E-state index contributed by atoms with van der Waals surface area (Å²) in [7, 11) is 0. The van der Waals surface area contributed by atoms with E-state index in [2.05, 4.69) is 111 Å². The SMILES string of the molecule is C[C@H](N[C@H]1[C@H](N[C@@H](C)c2ccccc2)[C@@H](C)C=C[C@@H]1C)c1ccccc1. The summed E-state index contributed by atoms with van der Waals surface area (Å²) in [6.45, 7) is 9.17. The van der Waals surface area contributed by atoms with Gasteiger partial charge < -0.3 is 10.6 Å². The average molecular weight is 349 g/mol. The third-order valence-corrected chi connectivity index (χ3v) is 5.72. The Morgan fingerprint density at radius 3 is 1.31 bits per heavy atom. The fraction of sp³-hybridized carbons (Fsp3) is 0.417. The van der Waals surface area contributed by atoms with Crippen LogP contribution in [0.2, 0.25) is 0 Å². The zero-order valence-electron chi connectivity index (χ0n) is 16.4. The van der Waals surface area contributed by atoms with Gasteiger partial charge in [0.2, 0.25) is 0 Å². The summed E-state index contributed by atoms with van der Waals surface area (Å²) in [5, 5.41) is 7.82. The average Bonchev–Trinajstić information content (AvgIpc) is 2.68. The summed E-state index contributed by atoms with van der Waals surface area (Å²) in [5.74, 6) is 0.996. The highest BCUT2D eigenvalue weighted by Crippen LogP contribution is 2.28. The van der Waals surface area contributed by atoms with Crippen molar-refractivity contribution >= 4 is 0 Å². The molecule has 0 radical (unpaired) electrons. The minimum atomic E-state index is 0.332. The van der Waals surface area contributed by atoms with Gasteiger partial charge in [-0.15, -0.1) is 0 Å². The highest BCUT2D eigenvalue weighted by Gasteiger charge is 2.34. The summed E-state index contributed by atoms with van der Waals surface area (Å²) in [6.07, 6.45) is 4.73. The van der Waals surface area contributed by atoms with Crippen LogP contribution in [-0.4, -0.2) is 12.1 Å². The van der Waals surface area contributed by atoms with Crippen LogP contribution in [0.15, 0.2) is 72.8 Å². The van der Waals surface area contributed by atoms with E-state index >= 15 is 0 Å². The van der Waals surface area contributed by atoms with Crippen molar-refractivity contribution in [2.75, 3.05) is 0 Å². The Hall–Kier alpha value is -1.90. The molecule has 0 amide bonds. The van der Waals surface area contributed by atoms with Gasteiger partial charge in [0.25, 0.3) is 0 Å². The van der Waals surface area contributed by atoms with Crippen LogP contribution in [-0.2, 0) is 0 Å². The molecule has 0 heterocycles. The molecule has 0 aliphatic heterocycles. The van der Waals surface area contributed by atoms with E-state index in [1.54, 1.807) is 0 Å². The van der Waals surface area contributed by atoms with E-state index < -0.39 is 0 Å². The number of benzene rings is 2. The van der Waals surface area contributed by atoms with E-state index in [-0.39, 0.29) is 0 Å². The third-order valence-electron chi connectivity index (χ3n) is 5.72. The first-order valence-corrected chi connectivity index (χ1v) is 9.86. The maximum Gasteiger partial charge on any atom is 0.0295 e. The topological polar surface area (TPSA) is 24.1 Å². The first-order chi connectivity index (χ1) is 12.6. The van der Waals surface area contributed by atoms with Crippen LogP contribution in [0.1, 0.15) is 50.9 Å². The second-order valence-corrected chi connectivity index (χ2v) is 7.75. The highest BCUT2D eigenvalue weighted by atomic mass is 15.1. The summed E-state index contributed by atoms with van der Waals surface area (Å²) in [6, 6.07) is 22.9. The van der Waals surface area contributed by atoms with Crippen LogP contribution in [0.4, 0.5) is 0 Å². The lowest BCUT2D eigenvalue weighted by molar-refractivity contribution is 0.233. The fourth-order valence-electron chi connectivity index (χ4n) is 4.01. The van der Waals surface area contributed by atoms with Crippen LogP contribution >= 0.6 is 0 Å². The molecule has 138 valence electrons. The maximum absolute atomic E-state index is 3.91. The second-order valence-electron chi connectivity index (χ2n) is 7.75. The molecule has 0 saturated carbocycles. The van der Waals surface area contributed by atoms with E-state index in [4.69, 9.17) is 0 Å². The lowest BCUT2D eigenvalue weighted by atomic mass is 9.80. The highest BCUT2D eigenvalue weighted by molar-refractivity contribution is 5.21. The molecule has 1 aliphatic carbocycles. The van der Waals surface area contributed by atoms with Crippen molar-refractivity contribution in [2.45, 2.75) is 51.9 Å². The lowest BCUT2D eigenvalue weighted by Crippen LogP contribution is -2.56. The molecule has 0 spiro atoms. The lowest BCUT2D eigenvalue weighted by Gasteiger charge is -2.41. The van der Waals surface area contributed by atoms with Gasteiger partial charge in [0.1, 0.15) is 0 Å². The molecule has 26 heavy (non-hydrogen) atoms. The Morgan fingerprint density at radius 1 is 0.615 bits per heavy atom. The van der Waals surface area contributed by atoms with Crippen molar-refractivity contribution < 1.29 is 0 Å². The molecule has 2 N–H and O–H groups in total. The van der Waals surface area contributed by atoms with Crippen LogP contribution in [0.25, 0.3) is 0 Å². The molecule has 1 aliphatic rings. The molecule has 0 unspecified atom stereocenters. The van der Waals surface area contributed by atoms with E-state index in [0.29, 0.717) is 36.0 Å². The summed E-state index contributed by atoms with van der Waals surface area (Å²) >= 11 is 0. The van der Waals surface area contributed by atoms with E-state index in [0.717, 1.165) is 0 Å². The Morgan fingerprint density at radius 2 is 0.962 bits per heavy atom. The van der Waals surface area contributed by atoms with Crippen molar-refractivity contribution in [3.8, 4) is 0 Å². The predicted molar refractivity (Wildman–Crippen MR) is 111 cm³/mol. The zero-order valence-corrected chi connectivity index (χ0v) is 16.4. The minimum absolute atomic E-state index is 0.332. The second kappa shape index (κ2) is 8.66. The smallest absolute Gasteiger partial charge is 0.0295 e. The molecule has 0 fully saturated rings. The van der Waals surface area contributed by atoms with Crippen molar-refractivity contribution in [3.63, 3.8) is 0 Å². The Labute approximate surface area is 158 Å². The van der Waals surface area contributed by atoms with Gasteiger partial charge in [-0.25, -0.2) is 0 Å². The van der Waals surface area contributed by atoms with Gasteiger partial charge in [-0.2, -0.15) is 0 Å². The number of nitrogens with one attached hydrogen (secondary N) is 2. The molecule has 0 saturated heterocycles. The van der Waals surface area contributed by atoms with Gasteiger partial charge >= 0.3 is 0 Å². The van der Waals surface area contributed by atoms with Crippen molar-refractivity contribution in [1.29, 1.82) is 0 Å². The summed E-state index contributed by atoms with van der Waals surface area (Å²) in [5.41, 5.74) is 2.69. The molecule has 2 heteroatoms. The van der Waals surface area contributed by atoms with E-state index in [1.165, 1.54) is 11.1 Å². The molecule has 6 atom stereocenters. The third kappa shape index (κ3) is 4.44. The van der Waals surface area contributed by atoms with Gasteiger partial charge in [-0.3, -0.25) is 0 Å². The molecule has 2 aromatic rings. The minimum Gasteiger partial charge on any atom is -0.305 e. The molecule has 3 rings (SSSR count). The number of hydrogen-bond donors (Lipinski definition) is 2. The maximum atomic E-state index is 3.91. The predicted octanol–water partition coefficient (Wildman–Crippen LogP) is 5.27. The monoisotopic (exact) mass is 348 g/mol. The zero-order chi connectivity index (χ0) is 18.5. The van der Waals surface area contributed by atoms with Crippen molar-refractivity contribution in [3.05, 3.63) is 83.9 Å². The van der Waals surface area contributed by atoms with Crippen LogP contribution < -0.4 is 10.6 Å².